The van der Waals surface area contributed by atoms with Crippen LogP contribution in [0.15, 0.2) is 12.1 Å². The Kier molecular flexibility index (Phi) is 1.60. The minimum Gasteiger partial charge on any atom is -0.486 e. The minimum atomic E-state index is 0.479. The highest BCUT2D eigenvalue weighted by atomic mass is 16.6. The van der Waals surface area contributed by atoms with E-state index in [9.17, 15) is 0 Å². The van der Waals surface area contributed by atoms with Gasteiger partial charge in [-0.15, -0.1) is 0 Å². The van der Waals surface area contributed by atoms with E-state index < -0.39 is 0 Å². The van der Waals surface area contributed by atoms with E-state index >= 15 is 0 Å². The number of hydrogen-bond acceptors (Lipinski definition) is 3. The van der Waals surface area contributed by atoms with Gasteiger partial charge in [0, 0.05) is 0 Å². The van der Waals surface area contributed by atoms with Crippen LogP contribution in [0, 0.1) is 17.4 Å². The van der Waals surface area contributed by atoms with Crippen molar-refractivity contribution in [3.63, 3.8) is 0 Å². The molecule has 0 aromatic heterocycles. The van der Waals surface area contributed by atoms with E-state index in [2.05, 4.69) is 6.07 Å². The van der Waals surface area contributed by atoms with Gasteiger partial charge in [0.05, 0.1) is 5.56 Å². The smallest absolute Gasteiger partial charge is 0.179 e. The number of benzene rings is 1. The Labute approximate surface area is 70.1 Å². The summed E-state index contributed by atoms with van der Waals surface area (Å²) < 4.78 is 10.5. The lowest BCUT2D eigenvalue weighted by atomic mass is 10.2. The van der Waals surface area contributed by atoms with Gasteiger partial charge < -0.3 is 9.47 Å². The molecule has 1 aromatic carbocycles. The third-order valence-corrected chi connectivity index (χ3v) is 1.62. The van der Waals surface area contributed by atoms with Crippen molar-refractivity contribution in [2.24, 2.45) is 0 Å². The van der Waals surface area contributed by atoms with Crippen molar-refractivity contribution in [2.75, 3.05) is 13.2 Å². The quantitative estimate of drug-likeness (QED) is 0.571. The largest absolute Gasteiger partial charge is 0.486 e. The van der Waals surface area contributed by atoms with Crippen LogP contribution >= 0.6 is 0 Å². The summed E-state index contributed by atoms with van der Waals surface area (Å²) in [5.41, 5.74) is 0.479. The molecule has 1 aliphatic rings. The fraction of sp³-hybridized carbons (Fsp3) is 0.222. The lowest BCUT2D eigenvalue weighted by Gasteiger charge is -2.18. The summed E-state index contributed by atoms with van der Waals surface area (Å²) in [5.74, 6) is 1.16. The summed E-state index contributed by atoms with van der Waals surface area (Å²) in [6, 6.07) is 8.10. The molecule has 0 saturated heterocycles. The van der Waals surface area contributed by atoms with Gasteiger partial charge in [-0.05, 0) is 18.2 Å². The average molecular weight is 160 g/mol. The van der Waals surface area contributed by atoms with Gasteiger partial charge in [0.25, 0.3) is 0 Å². The molecule has 1 heterocycles. The van der Waals surface area contributed by atoms with Crippen molar-refractivity contribution in [3.05, 3.63) is 23.8 Å². The standard InChI is InChI=1S/C9H6NO2/c10-6-7-2-1-3-8-9(7)12-5-4-11-8/h2-3H,4-5H2. The van der Waals surface area contributed by atoms with Crippen molar-refractivity contribution in [1.82, 2.24) is 0 Å². The van der Waals surface area contributed by atoms with Gasteiger partial charge in [-0.3, -0.25) is 0 Å². The lowest BCUT2D eigenvalue weighted by molar-refractivity contribution is 0.171. The molecule has 59 valence electrons. The third kappa shape index (κ3) is 0.978. The Bertz CT molecular complexity index is 341. The average Bonchev–Trinajstić information content (AvgIpc) is 2.17. The van der Waals surface area contributed by atoms with Crippen molar-refractivity contribution in [2.45, 2.75) is 0 Å². The topological polar surface area (TPSA) is 42.2 Å². The van der Waals surface area contributed by atoms with Crippen molar-refractivity contribution in [3.8, 4) is 17.6 Å². The highest BCUT2D eigenvalue weighted by Crippen LogP contribution is 2.32. The maximum atomic E-state index is 8.69. The minimum absolute atomic E-state index is 0.479. The van der Waals surface area contributed by atoms with Crippen LogP contribution in [0.3, 0.4) is 0 Å². The van der Waals surface area contributed by atoms with E-state index in [1.807, 2.05) is 6.07 Å². The zero-order valence-corrected chi connectivity index (χ0v) is 6.33. The number of nitriles is 1. The monoisotopic (exact) mass is 160 g/mol. The first-order chi connectivity index (χ1) is 5.92. The number of ether oxygens (including phenoxy) is 2. The molecule has 1 aliphatic heterocycles. The molecule has 2 rings (SSSR count). The third-order valence-electron chi connectivity index (χ3n) is 1.62. The number of nitrogens with zero attached hydrogens (tertiary/aromatic N) is 1. The zero-order valence-electron chi connectivity index (χ0n) is 6.33. The number of rotatable bonds is 0. The molecule has 3 nitrogen and oxygen atoms in total. The molecule has 0 N–H and O–H groups in total. The molecule has 0 saturated carbocycles. The van der Waals surface area contributed by atoms with Gasteiger partial charge in [-0.25, -0.2) is 0 Å². The molecule has 1 radical (unpaired) electrons. The van der Waals surface area contributed by atoms with Gasteiger partial charge in [-0.1, -0.05) is 0 Å². The van der Waals surface area contributed by atoms with Crippen molar-refractivity contribution in [1.29, 1.82) is 5.26 Å². The lowest BCUT2D eigenvalue weighted by Crippen LogP contribution is -2.16. The highest BCUT2D eigenvalue weighted by molar-refractivity contribution is 5.52. The number of fused-ring (bicyclic) bond motifs is 1. The van der Waals surface area contributed by atoms with Crippen LogP contribution < -0.4 is 9.47 Å². The fourth-order valence-corrected chi connectivity index (χ4v) is 1.10. The normalized spacial score (nSPS) is 13.6. The Hall–Kier alpha value is -1.69. The molecule has 0 atom stereocenters. The molecule has 0 spiro atoms. The van der Waals surface area contributed by atoms with Crippen LogP contribution in [-0.2, 0) is 0 Å². The second kappa shape index (κ2) is 2.74. The zero-order chi connectivity index (χ0) is 8.39. The molecule has 0 aliphatic carbocycles. The molecular formula is C9H6NO2. The van der Waals surface area contributed by atoms with Gasteiger partial charge in [0.1, 0.15) is 19.3 Å². The highest BCUT2D eigenvalue weighted by Gasteiger charge is 2.14. The van der Waals surface area contributed by atoms with E-state index in [4.69, 9.17) is 14.7 Å². The van der Waals surface area contributed by atoms with E-state index in [-0.39, 0.29) is 0 Å². The van der Waals surface area contributed by atoms with Gasteiger partial charge in [-0.2, -0.15) is 5.26 Å². The van der Waals surface area contributed by atoms with Crippen LogP contribution in [0.5, 0.6) is 11.5 Å². The first kappa shape index (κ1) is 6.99. The predicted molar refractivity (Wildman–Crippen MR) is 41.0 cm³/mol. The fourth-order valence-electron chi connectivity index (χ4n) is 1.10. The van der Waals surface area contributed by atoms with Crippen LogP contribution in [0.4, 0.5) is 0 Å². The maximum absolute atomic E-state index is 8.69. The maximum Gasteiger partial charge on any atom is 0.179 e. The van der Waals surface area contributed by atoms with Crippen LogP contribution in [-0.4, -0.2) is 13.2 Å². The van der Waals surface area contributed by atoms with Gasteiger partial charge in [0.15, 0.2) is 11.5 Å². The SMILES string of the molecule is N#Cc1c[c]cc2c1OCCO2. The second-order valence-corrected chi connectivity index (χ2v) is 2.37. The molecular weight excluding hydrogens is 154 g/mol. The van der Waals surface area contributed by atoms with E-state index in [0.717, 1.165) is 0 Å². The summed E-state index contributed by atoms with van der Waals surface area (Å²) in [6.07, 6.45) is 0. The first-order valence-electron chi connectivity index (χ1n) is 3.61. The predicted octanol–water partition coefficient (Wildman–Crippen LogP) is 1.13. The van der Waals surface area contributed by atoms with Gasteiger partial charge in [0.2, 0.25) is 0 Å². The second-order valence-electron chi connectivity index (χ2n) is 2.37. The summed E-state index contributed by atoms with van der Waals surface area (Å²) in [4.78, 5) is 0. The van der Waals surface area contributed by atoms with Crippen LogP contribution in [0.25, 0.3) is 0 Å². The Morgan fingerprint density at radius 3 is 3.00 bits per heavy atom. The molecule has 1 aromatic rings. The molecule has 0 fully saturated rings. The summed E-state index contributed by atoms with van der Waals surface area (Å²) in [6.45, 7) is 1.04. The van der Waals surface area contributed by atoms with Crippen LogP contribution in [0.2, 0.25) is 0 Å². The molecule has 0 bridgehead atoms. The Morgan fingerprint density at radius 2 is 2.17 bits per heavy atom. The summed E-state index contributed by atoms with van der Waals surface area (Å²) in [7, 11) is 0. The molecule has 3 heteroatoms. The molecule has 12 heavy (non-hydrogen) atoms. The van der Waals surface area contributed by atoms with E-state index in [1.54, 1.807) is 12.1 Å². The first-order valence-corrected chi connectivity index (χ1v) is 3.61. The van der Waals surface area contributed by atoms with Gasteiger partial charge >= 0.3 is 0 Å². The van der Waals surface area contributed by atoms with E-state index in [1.165, 1.54) is 0 Å². The number of hydrogen-bond donors (Lipinski definition) is 0. The summed E-state index contributed by atoms with van der Waals surface area (Å²) >= 11 is 0. The Morgan fingerprint density at radius 1 is 1.33 bits per heavy atom. The molecule has 0 amide bonds. The van der Waals surface area contributed by atoms with Crippen LogP contribution in [0.1, 0.15) is 5.56 Å². The van der Waals surface area contributed by atoms with Crippen molar-refractivity contribution >= 4 is 0 Å². The van der Waals surface area contributed by atoms with Crippen molar-refractivity contribution < 1.29 is 9.47 Å². The van der Waals surface area contributed by atoms with E-state index in [0.29, 0.717) is 30.3 Å². The summed E-state index contributed by atoms with van der Waals surface area (Å²) in [5, 5.41) is 8.69. The molecule has 0 unspecified atom stereocenters. The Balaban J connectivity index is 2.53.